The average molecular weight is 392 g/mol. The van der Waals surface area contributed by atoms with Gasteiger partial charge in [-0.15, -0.1) is 15.0 Å². The summed E-state index contributed by atoms with van der Waals surface area (Å²) in [6.07, 6.45) is 5.70. The predicted octanol–water partition coefficient (Wildman–Crippen LogP) is 2.59. The molecule has 4 rings (SSSR count). The molecule has 29 heavy (non-hydrogen) atoms. The Morgan fingerprint density at radius 1 is 1.14 bits per heavy atom. The number of aromatic amines is 1. The highest BCUT2D eigenvalue weighted by molar-refractivity contribution is 5.81. The Morgan fingerprint density at radius 2 is 1.83 bits per heavy atom. The van der Waals surface area contributed by atoms with Crippen LogP contribution in [-0.2, 0) is 16.0 Å². The highest BCUT2D eigenvalue weighted by Crippen LogP contribution is 2.23. The number of carbonyl (C=O) groups is 1. The number of esters is 1. The molecule has 0 aliphatic rings. The van der Waals surface area contributed by atoms with Crippen LogP contribution >= 0.6 is 0 Å². The monoisotopic (exact) mass is 392 g/mol. The normalized spacial score (nSPS) is 10.2. The van der Waals surface area contributed by atoms with Crippen molar-refractivity contribution < 1.29 is 14.6 Å². The number of H-pyrrole nitrogens is 1. The molecule has 0 atom stereocenters. The van der Waals surface area contributed by atoms with Gasteiger partial charge < -0.3 is 9.84 Å². The molecule has 9 heteroatoms. The van der Waals surface area contributed by atoms with Crippen molar-refractivity contribution in [3.63, 3.8) is 0 Å². The molecule has 0 aliphatic carbocycles. The molecule has 0 bridgehead atoms. The number of ether oxygens (including phenoxy) is 1. The molecule has 0 spiro atoms. The predicted molar refractivity (Wildman–Crippen MR) is 106 cm³/mol. The zero-order valence-corrected chi connectivity index (χ0v) is 15.6. The summed E-state index contributed by atoms with van der Waals surface area (Å²) in [5.74, 6) is -0.314. The molecular weight excluding hydrogens is 372 g/mol. The number of rotatable bonds is 6. The zero-order chi connectivity index (χ0) is 20.5. The third-order valence-corrected chi connectivity index (χ3v) is 3.89. The molecule has 148 valence electrons. The Hall–Kier alpha value is -4.01. The second-order valence-corrected chi connectivity index (χ2v) is 5.93. The second-order valence-electron chi connectivity index (χ2n) is 5.93. The Bertz CT molecular complexity index is 1020. The number of benzene rings is 2. The van der Waals surface area contributed by atoms with Crippen molar-refractivity contribution in [3.05, 3.63) is 73.1 Å². The lowest BCUT2D eigenvalue weighted by molar-refractivity contribution is -0.137. The number of phenolic OH excluding ortho intramolecular Hbond substituents is 1. The molecule has 2 aromatic carbocycles. The quantitative estimate of drug-likeness (QED) is 0.294. The molecular formula is C20H20N6O3. The van der Waals surface area contributed by atoms with Gasteiger partial charge in [-0.25, -0.2) is 4.79 Å². The smallest absolute Gasteiger partial charge is 0.330 e. The highest BCUT2D eigenvalue weighted by Gasteiger charge is 2.09. The Balaban J connectivity index is 0.000000419. The zero-order valence-electron chi connectivity index (χ0n) is 15.6. The van der Waals surface area contributed by atoms with E-state index in [9.17, 15) is 9.90 Å². The molecule has 2 heterocycles. The summed E-state index contributed by atoms with van der Waals surface area (Å²) in [5, 5.41) is 28.2. The van der Waals surface area contributed by atoms with Crippen molar-refractivity contribution in [2.75, 3.05) is 6.61 Å². The van der Waals surface area contributed by atoms with Crippen molar-refractivity contribution >= 4 is 17.0 Å². The number of nitrogens with one attached hydrogen (secondary N) is 1. The van der Waals surface area contributed by atoms with Gasteiger partial charge in [-0.2, -0.15) is 15.4 Å². The average Bonchev–Trinajstić information content (AvgIpc) is 3.45. The van der Waals surface area contributed by atoms with Gasteiger partial charge in [0.25, 0.3) is 0 Å². The first-order valence-electron chi connectivity index (χ1n) is 8.90. The van der Waals surface area contributed by atoms with Crippen LogP contribution in [0.2, 0.25) is 0 Å². The third-order valence-electron chi connectivity index (χ3n) is 3.89. The van der Waals surface area contributed by atoms with Crippen LogP contribution in [0.1, 0.15) is 12.0 Å². The van der Waals surface area contributed by atoms with Gasteiger partial charge in [0.15, 0.2) is 0 Å². The first kappa shape index (κ1) is 19.7. The van der Waals surface area contributed by atoms with Gasteiger partial charge in [0.2, 0.25) is 0 Å². The molecule has 2 N–H and O–H groups in total. The maximum absolute atomic E-state index is 11.0. The SMILES string of the molecule is C=CC(=O)OCCCc1ccc(O)c(-n2nc3ccccc3n2)c1.c1cn[nH]n1. The number of nitrogens with zero attached hydrogens (tertiary/aromatic N) is 5. The van der Waals surface area contributed by atoms with E-state index in [1.807, 2.05) is 36.4 Å². The third kappa shape index (κ3) is 5.48. The van der Waals surface area contributed by atoms with E-state index in [2.05, 4.69) is 32.2 Å². The Morgan fingerprint density at radius 3 is 2.41 bits per heavy atom. The number of phenols is 1. The van der Waals surface area contributed by atoms with E-state index in [1.165, 1.54) is 4.80 Å². The van der Waals surface area contributed by atoms with Gasteiger partial charge in [0, 0.05) is 6.08 Å². The van der Waals surface area contributed by atoms with Crippen molar-refractivity contribution in [3.8, 4) is 11.4 Å². The van der Waals surface area contributed by atoms with Crippen LogP contribution in [-0.4, -0.2) is 48.1 Å². The summed E-state index contributed by atoms with van der Waals surface area (Å²) in [6.45, 7) is 3.68. The van der Waals surface area contributed by atoms with Gasteiger partial charge in [0.1, 0.15) is 22.5 Å². The van der Waals surface area contributed by atoms with E-state index in [0.29, 0.717) is 25.1 Å². The maximum atomic E-state index is 11.0. The standard InChI is InChI=1S/C18H17N3O3.C2H3N3/c1-2-18(23)24-11-5-6-13-9-10-17(22)16(12-13)21-19-14-7-3-4-8-15(14)20-21;1-2-4-5-3-1/h2-4,7-10,12,22H,1,5-6,11H2;1-2H,(H,3,4,5). The summed E-state index contributed by atoms with van der Waals surface area (Å²) < 4.78 is 4.96. The van der Waals surface area contributed by atoms with Crippen molar-refractivity contribution in [1.29, 1.82) is 0 Å². The van der Waals surface area contributed by atoms with Crippen LogP contribution in [0.5, 0.6) is 5.75 Å². The first-order valence-corrected chi connectivity index (χ1v) is 8.90. The number of aromatic hydroxyl groups is 1. The number of aromatic nitrogens is 6. The van der Waals surface area contributed by atoms with Crippen LogP contribution in [0.4, 0.5) is 0 Å². The van der Waals surface area contributed by atoms with Gasteiger partial charge >= 0.3 is 5.97 Å². The molecule has 0 saturated carbocycles. The molecule has 0 aliphatic heterocycles. The van der Waals surface area contributed by atoms with E-state index in [0.717, 1.165) is 22.7 Å². The van der Waals surface area contributed by atoms with Crippen molar-refractivity contribution in [2.24, 2.45) is 0 Å². The van der Waals surface area contributed by atoms with Gasteiger partial charge in [0.05, 0.1) is 19.0 Å². The van der Waals surface area contributed by atoms with E-state index >= 15 is 0 Å². The molecule has 9 nitrogen and oxygen atoms in total. The Labute approximate surface area is 166 Å². The summed E-state index contributed by atoms with van der Waals surface area (Å²) in [6, 6.07) is 12.8. The lowest BCUT2D eigenvalue weighted by Crippen LogP contribution is -2.04. The van der Waals surface area contributed by atoms with Crippen LogP contribution in [0, 0.1) is 0 Å². The molecule has 0 unspecified atom stereocenters. The van der Waals surface area contributed by atoms with Crippen LogP contribution in [0.25, 0.3) is 16.7 Å². The van der Waals surface area contributed by atoms with Crippen molar-refractivity contribution in [2.45, 2.75) is 12.8 Å². The summed E-state index contributed by atoms with van der Waals surface area (Å²) >= 11 is 0. The van der Waals surface area contributed by atoms with Crippen LogP contribution < -0.4 is 0 Å². The van der Waals surface area contributed by atoms with Gasteiger partial charge in [-0.1, -0.05) is 24.8 Å². The van der Waals surface area contributed by atoms with Crippen LogP contribution in [0.15, 0.2) is 67.5 Å². The number of fused-ring (bicyclic) bond motifs is 1. The maximum Gasteiger partial charge on any atom is 0.330 e. The highest BCUT2D eigenvalue weighted by atomic mass is 16.5. The molecule has 0 amide bonds. The van der Waals surface area contributed by atoms with E-state index in [-0.39, 0.29) is 5.75 Å². The Kier molecular flexibility index (Phi) is 6.66. The lowest BCUT2D eigenvalue weighted by Gasteiger charge is -2.07. The van der Waals surface area contributed by atoms with E-state index < -0.39 is 5.97 Å². The molecule has 0 fully saturated rings. The second kappa shape index (κ2) is 9.79. The minimum atomic E-state index is -0.422. The van der Waals surface area contributed by atoms with Gasteiger partial charge in [-0.3, -0.25) is 0 Å². The number of hydrogen-bond donors (Lipinski definition) is 2. The molecule has 0 saturated heterocycles. The minimum Gasteiger partial charge on any atom is -0.506 e. The largest absolute Gasteiger partial charge is 0.506 e. The summed E-state index contributed by atoms with van der Waals surface area (Å²) in [7, 11) is 0. The van der Waals surface area contributed by atoms with Gasteiger partial charge in [-0.05, 0) is 42.7 Å². The minimum absolute atomic E-state index is 0.108. The fraction of sp³-hybridized carbons (Fsp3) is 0.150. The number of carbonyl (C=O) groups excluding carboxylic acids is 1. The number of aryl methyl sites for hydroxylation is 1. The van der Waals surface area contributed by atoms with Crippen LogP contribution in [0.3, 0.4) is 0 Å². The van der Waals surface area contributed by atoms with Crippen molar-refractivity contribution in [1.82, 2.24) is 30.4 Å². The summed E-state index contributed by atoms with van der Waals surface area (Å²) in [4.78, 5) is 12.4. The molecule has 0 radical (unpaired) electrons. The molecule has 4 aromatic rings. The number of hydrogen-bond acceptors (Lipinski definition) is 7. The lowest BCUT2D eigenvalue weighted by atomic mass is 10.1. The first-order chi connectivity index (χ1) is 14.2. The van der Waals surface area contributed by atoms with E-state index in [4.69, 9.17) is 4.74 Å². The van der Waals surface area contributed by atoms with E-state index in [1.54, 1.807) is 18.5 Å². The molecule has 2 aromatic heterocycles. The summed E-state index contributed by atoms with van der Waals surface area (Å²) in [5.41, 5.74) is 3.04. The fourth-order valence-corrected chi connectivity index (χ4v) is 2.53. The topological polar surface area (TPSA) is 119 Å². The fourth-order valence-electron chi connectivity index (χ4n) is 2.53.